The Labute approximate surface area is 123 Å². The van der Waals surface area contributed by atoms with E-state index in [-0.39, 0.29) is 12.6 Å². The van der Waals surface area contributed by atoms with Gasteiger partial charge >= 0.3 is 0 Å². The molecule has 0 amide bonds. The van der Waals surface area contributed by atoms with Crippen molar-refractivity contribution < 1.29 is 19.0 Å². The molecule has 0 radical (unpaired) electrons. The lowest BCUT2D eigenvalue weighted by Crippen LogP contribution is -2.04. The van der Waals surface area contributed by atoms with Gasteiger partial charge in [-0.3, -0.25) is 4.79 Å². The molecule has 0 N–H and O–H groups in total. The summed E-state index contributed by atoms with van der Waals surface area (Å²) >= 11 is 0. The normalized spacial score (nSPS) is 12.4. The van der Waals surface area contributed by atoms with Crippen LogP contribution in [0.25, 0.3) is 0 Å². The van der Waals surface area contributed by atoms with Gasteiger partial charge in [-0.2, -0.15) is 0 Å². The topological polar surface area (TPSA) is 44.8 Å². The molecule has 1 heterocycles. The molecular formula is C17H16O4. The van der Waals surface area contributed by atoms with Crippen LogP contribution in [0.5, 0.6) is 11.5 Å². The van der Waals surface area contributed by atoms with E-state index in [0.29, 0.717) is 19.6 Å². The van der Waals surface area contributed by atoms with Crippen LogP contribution in [0.2, 0.25) is 0 Å². The van der Waals surface area contributed by atoms with Crippen molar-refractivity contribution in [3.05, 3.63) is 59.7 Å². The van der Waals surface area contributed by atoms with Gasteiger partial charge in [0.2, 0.25) is 6.79 Å². The fraction of sp³-hybridized carbons (Fsp3) is 0.235. The van der Waals surface area contributed by atoms with E-state index in [1.165, 1.54) is 0 Å². The SMILES string of the molecule is O=C(CCOCc1ccc2c(c1)OCO2)c1ccccc1. The highest BCUT2D eigenvalue weighted by Gasteiger charge is 2.13. The van der Waals surface area contributed by atoms with Crippen LogP contribution in [0.4, 0.5) is 0 Å². The molecule has 0 bridgehead atoms. The van der Waals surface area contributed by atoms with Crippen LogP contribution < -0.4 is 9.47 Å². The predicted octanol–water partition coefficient (Wildman–Crippen LogP) is 3.20. The lowest BCUT2D eigenvalue weighted by molar-refractivity contribution is 0.0848. The highest BCUT2D eigenvalue weighted by Crippen LogP contribution is 2.32. The van der Waals surface area contributed by atoms with Gasteiger partial charge in [0.25, 0.3) is 0 Å². The number of carbonyl (C=O) groups excluding carboxylic acids is 1. The number of carbonyl (C=O) groups is 1. The van der Waals surface area contributed by atoms with E-state index in [1.807, 2.05) is 48.5 Å². The van der Waals surface area contributed by atoms with Crippen molar-refractivity contribution in [1.82, 2.24) is 0 Å². The Morgan fingerprint density at radius 2 is 1.86 bits per heavy atom. The van der Waals surface area contributed by atoms with Crippen molar-refractivity contribution in [2.45, 2.75) is 13.0 Å². The average molecular weight is 284 g/mol. The molecule has 4 heteroatoms. The molecule has 0 saturated heterocycles. The van der Waals surface area contributed by atoms with Gasteiger partial charge in [-0.15, -0.1) is 0 Å². The van der Waals surface area contributed by atoms with Gasteiger partial charge in [-0.05, 0) is 17.7 Å². The van der Waals surface area contributed by atoms with Gasteiger partial charge in [0.15, 0.2) is 17.3 Å². The molecule has 0 spiro atoms. The zero-order valence-electron chi connectivity index (χ0n) is 11.6. The monoisotopic (exact) mass is 284 g/mol. The number of ether oxygens (including phenoxy) is 3. The molecule has 1 aliphatic rings. The summed E-state index contributed by atoms with van der Waals surface area (Å²) in [5.74, 6) is 1.61. The molecule has 3 rings (SSSR count). The minimum absolute atomic E-state index is 0.0984. The summed E-state index contributed by atoms with van der Waals surface area (Å²) in [7, 11) is 0. The summed E-state index contributed by atoms with van der Waals surface area (Å²) in [6.07, 6.45) is 0.383. The van der Waals surface area contributed by atoms with E-state index in [2.05, 4.69) is 0 Å². The van der Waals surface area contributed by atoms with E-state index < -0.39 is 0 Å². The van der Waals surface area contributed by atoms with Crippen LogP contribution in [-0.2, 0) is 11.3 Å². The Balaban J connectivity index is 1.45. The molecule has 0 saturated carbocycles. The molecule has 0 aliphatic carbocycles. The lowest BCUT2D eigenvalue weighted by atomic mass is 10.1. The summed E-state index contributed by atoms with van der Waals surface area (Å²) in [5, 5.41) is 0. The minimum atomic E-state index is 0.0984. The molecule has 21 heavy (non-hydrogen) atoms. The minimum Gasteiger partial charge on any atom is -0.454 e. The second-order valence-electron chi connectivity index (χ2n) is 4.78. The number of hydrogen-bond donors (Lipinski definition) is 0. The number of benzene rings is 2. The van der Waals surface area contributed by atoms with Crippen LogP contribution >= 0.6 is 0 Å². The molecule has 0 atom stereocenters. The molecule has 0 aromatic heterocycles. The zero-order valence-corrected chi connectivity index (χ0v) is 11.6. The maximum absolute atomic E-state index is 11.9. The van der Waals surface area contributed by atoms with Crippen LogP contribution in [0.15, 0.2) is 48.5 Å². The van der Waals surface area contributed by atoms with Crippen LogP contribution in [0.3, 0.4) is 0 Å². The number of ketones is 1. The maximum atomic E-state index is 11.9. The van der Waals surface area contributed by atoms with Crippen LogP contribution in [-0.4, -0.2) is 19.2 Å². The highest BCUT2D eigenvalue weighted by atomic mass is 16.7. The van der Waals surface area contributed by atoms with E-state index in [9.17, 15) is 4.79 Å². The molecule has 2 aromatic carbocycles. The first-order valence-electron chi connectivity index (χ1n) is 6.87. The Morgan fingerprint density at radius 1 is 1.05 bits per heavy atom. The summed E-state index contributed by atoms with van der Waals surface area (Å²) in [4.78, 5) is 11.9. The molecule has 2 aromatic rings. The first-order valence-corrected chi connectivity index (χ1v) is 6.87. The Kier molecular flexibility index (Phi) is 4.17. The van der Waals surface area contributed by atoms with E-state index in [1.54, 1.807) is 0 Å². The second kappa shape index (κ2) is 6.41. The summed E-state index contributed by atoms with van der Waals surface area (Å²) in [6, 6.07) is 15.0. The van der Waals surface area contributed by atoms with Crippen molar-refractivity contribution >= 4 is 5.78 Å². The zero-order chi connectivity index (χ0) is 14.5. The number of fused-ring (bicyclic) bond motifs is 1. The molecule has 1 aliphatic heterocycles. The standard InChI is InChI=1S/C17H16O4/c18-15(14-4-2-1-3-5-14)8-9-19-11-13-6-7-16-17(10-13)21-12-20-16/h1-7,10H,8-9,11-12H2. The third kappa shape index (κ3) is 3.41. The fourth-order valence-electron chi connectivity index (χ4n) is 2.15. The fourth-order valence-corrected chi connectivity index (χ4v) is 2.15. The van der Waals surface area contributed by atoms with Crippen molar-refractivity contribution in [2.75, 3.05) is 13.4 Å². The number of hydrogen-bond acceptors (Lipinski definition) is 4. The quantitative estimate of drug-likeness (QED) is 0.603. The average Bonchev–Trinajstić information content (AvgIpc) is 3.00. The highest BCUT2D eigenvalue weighted by molar-refractivity contribution is 5.96. The van der Waals surface area contributed by atoms with Gasteiger partial charge in [0.05, 0.1) is 13.2 Å². The number of rotatable bonds is 6. The molecule has 108 valence electrons. The van der Waals surface area contributed by atoms with E-state index in [4.69, 9.17) is 14.2 Å². The first kappa shape index (κ1) is 13.6. The third-order valence-corrected chi connectivity index (χ3v) is 3.27. The summed E-state index contributed by atoms with van der Waals surface area (Å²) < 4.78 is 16.1. The molecule has 0 fully saturated rings. The summed E-state index contributed by atoms with van der Waals surface area (Å²) in [5.41, 5.74) is 1.73. The third-order valence-electron chi connectivity index (χ3n) is 3.27. The van der Waals surface area contributed by atoms with Crippen molar-refractivity contribution in [1.29, 1.82) is 0 Å². The van der Waals surface area contributed by atoms with Crippen molar-refractivity contribution in [3.63, 3.8) is 0 Å². The molecule has 0 unspecified atom stereocenters. The predicted molar refractivity (Wildman–Crippen MR) is 77.6 cm³/mol. The first-order chi connectivity index (χ1) is 10.3. The lowest BCUT2D eigenvalue weighted by Gasteiger charge is -2.05. The molecule has 4 nitrogen and oxygen atoms in total. The second-order valence-corrected chi connectivity index (χ2v) is 4.78. The van der Waals surface area contributed by atoms with E-state index in [0.717, 1.165) is 22.6 Å². The Morgan fingerprint density at radius 3 is 2.71 bits per heavy atom. The summed E-state index contributed by atoms with van der Waals surface area (Å²) in [6.45, 7) is 1.13. The molecular weight excluding hydrogens is 268 g/mol. The van der Waals surface area contributed by atoms with Gasteiger partial charge in [0, 0.05) is 12.0 Å². The van der Waals surface area contributed by atoms with Crippen LogP contribution in [0.1, 0.15) is 22.3 Å². The largest absolute Gasteiger partial charge is 0.454 e. The van der Waals surface area contributed by atoms with E-state index >= 15 is 0 Å². The Hall–Kier alpha value is -2.33. The van der Waals surface area contributed by atoms with Gasteiger partial charge in [-0.1, -0.05) is 36.4 Å². The Bertz CT molecular complexity index is 622. The smallest absolute Gasteiger partial charge is 0.231 e. The van der Waals surface area contributed by atoms with Gasteiger partial charge in [0.1, 0.15) is 0 Å². The number of Topliss-reactive ketones (excluding diaryl/α,β-unsaturated/α-hetero) is 1. The van der Waals surface area contributed by atoms with Gasteiger partial charge < -0.3 is 14.2 Å². The van der Waals surface area contributed by atoms with Gasteiger partial charge in [-0.25, -0.2) is 0 Å². The van der Waals surface area contributed by atoms with Crippen LogP contribution in [0, 0.1) is 0 Å². The van der Waals surface area contributed by atoms with Crippen molar-refractivity contribution in [2.24, 2.45) is 0 Å². The van der Waals surface area contributed by atoms with Crippen molar-refractivity contribution in [3.8, 4) is 11.5 Å². The maximum Gasteiger partial charge on any atom is 0.231 e.